The van der Waals surface area contributed by atoms with E-state index in [1.807, 2.05) is 61.8 Å². The highest BCUT2D eigenvalue weighted by Crippen LogP contribution is 2.23. The molecule has 0 fully saturated rings. The van der Waals surface area contributed by atoms with Gasteiger partial charge < -0.3 is 4.98 Å². The van der Waals surface area contributed by atoms with Crippen molar-refractivity contribution in [1.29, 1.82) is 0 Å². The van der Waals surface area contributed by atoms with E-state index >= 15 is 0 Å². The Hall–Kier alpha value is -3.14. The van der Waals surface area contributed by atoms with Crippen LogP contribution in [0.1, 0.15) is 11.3 Å². The van der Waals surface area contributed by atoms with Gasteiger partial charge in [0, 0.05) is 33.7 Å². The number of pyridine rings is 1. The van der Waals surface area contributed by atoms with Crippen molar-refractivity contribution < 1.29 is 0 Å². The first-order valence-corrected chi connectivity index (χ1v) is 7.53. The Kier molecular flexibility index (Phi) is 3.27. The largest absolute Gasteiger partial charge is 0.361 e. The van der Waals surface area contributed by atoms with Crippen molar-refractivity contribution >= 4 is 33.7 Å². The zero-order chi connectivity index (χ0) is 15.6. The number of H-pyrrole nitrogens is 1. The molecule has 0 unspecified atom stereocenters. The van der Waals surface area contributed by atoms with Gasteiger partial charge >= 0.3 is 0 Å². The predicted octanol–water partition coefficient (Wildman–Crippen LogP) is 4.47. The zero-order valence-corrected chi connectivity index (χ0v) is 12.7. The van der Waals surface area contributed by atoms with Gasteiger partial charge in [-0.3, -0.25) is 10.4 Å². The van der Waals surface area contributed by atoms with Crippen LogP contribution in [-0.2, 0) is 0 Å². The van der Waals surface area contributed by atoms with E-state index in [4.69, 9.17) is 0 Å². The molecule has 0 amide bonds. The van der Waals surface area contributed by atoms with Crippen molar-refractivity contribution in [3.8, 4) is 0 Å². The molecule has 0 aliphatic rings. The SMILES string of the molecule is Cc1cc(N/N=C/c2c[nH]c3ccccc23)c2ccccc2n1. The molecule has 112 valence electrons. The van der Waals surface area contributed by atoms with Gasteiger partial charge in [-0.25, -0.2) is 0 Å². The van der Waals surface area contributed by atoms with Crippen LogP contribution in [0.4, 0.5) is 5.69 Å². The summed E-state index contributed by atoms with van der Waals surface area (Å²) in [5, 5.41) is 6.63. The maximum atomic E-state index is 4.54. The number of aryl methyl sites for hydroxylation is 1. The van der Waals surface area contributed by atoms with E-state index < -0.39 is 0 Å². The van der Waals surface area contributed by atoms with Crippen LogP contribution in [-0.4, -0.2) is 16.2 Å². The molecule has 0 aliphatic carbocycles. The fourth-order valence-corrected chi connectivity index (χ4v) is 2.77. The molecule has 2 heterocycles. The van der Waals surface area contributed by atoms with E-state index in [-0.39, 0.29) is 0 Å². The van der Waals surface area contributed by atoms with Gasteiger partial charge in [-0.15, -0.1) is 0 Å². The van der Waals surface area contributed by atoms with Gasteiger partial charge in [0.2, 0.25) is 0 Å². The van der Waals surface area contributed by atoms with Gasteiger partial charge in [0.15, 0.2) is 0 Å². The first-order chi connectivity index (χ1) is 11.3. The fraction of sp³-hybridized carbons (Fsp3) is 0.0526. The molecule has 0 radical (unpaired) electrons. The Balaban J connectivity index is 1.66. The number of hydrogen-bond donors (Lipinski definition) is 2. The molecule has 23 heavy (non-hydrogen) atoms. The number of nitrogens with one attached hydrogen (secondary N) is 2. The van der Waals surface area contributed by atoms with Gasteiger partial charge in [-0.05, 0) is 25.1 Å². The summed E-state index contributed by atoms with van der Waals surface area (Å²) in [5.41, 5.74) is 8.21. The van der Waals surface area contributed by atoms with Crippen molar-refractivity contribution in [3.63, 3.8) is 0 Å². The summed E-state index contributed by atoms with van der Waals surface area (Å²) >= 11 is 0. The lowest BCUT2D eigenvalue weighted by molar-refractivity contribution is 1.24. The van der Waals surface area contributed by atoms with Gasteiger partial charge in [-0.2, -0.15) is 5.10 Å². The number of para-hydroxylation sites is 2. The molecule has 0 saturated carbocycles. The predicted molar refractivity (Wildman–Crippen MR) is 96.0 cm³/mol. The van der Waals surface area contributed by atoms with E-state index in [2.05, 4.69) is 32.6 Å². The smallest absolute Gasteiger partial charge is 0.0726 e. The normalized spacial score (nSPS) is 11.5. The van der Waals surface area contributed by atoms with Crippen molar-refractivity contribution in [2.75, 3.05) is 5.43 Å². The van der Waals surface area contributed by atoms with Gasteiger partial charge in [-0.1, -0.05) is 36.4 Å². The van der Waals surface area contributed by atoms with Gasteiger partial charge in [0.25, 0.3) is 0 Å². The number of hydrazone groups is 1. The lowest BCUT2D eigenvalue weighted by Crippen LogP contribution is -1.94. The molecule has 2 aromatic carbocycles. The third-order valence-corrected chi connectivity index (χ3v) is 3.85. The highest BCUT2D eigenvalue weighted by molar-refractivity contribution is 5.99. The molecule has 4 heteroatoms. The number of aromatic nitrogens is 2. The summed E-state index contributed by atoms with van der Waals surface area (Å²) in [5.74, 6) is 0. The molecule has 2 aromatic heterocycles. The van der Waals surface area contributed by atoms with E-state index in [0.717, 1.165) is 38.8 Å². The maximum Gasteiger partial charge on any atom is 0.0726 e. The van der Waals surface area contributed by atoms with E-state index in [1.54, 1.807) is 0 Å². The number of fused-ring (bicyclic) bond motifs is 2. The zero-order valence-electron chi connectivity index (χ0n) is 12.7. The van der Waals surface area contributed by atoms with Crippen molar-refractivity contribution in [2.24, 2.45) is 5.10 Å². The average molecular weight is 300 g/mol. The summed E-state index contributed by atoms with van der Waals surface area (Å²) in [6.45, 7) is 1.99. The number of rotatable bonds is 3. The summed E-state index contributed by atoms with van der Waals surface area (Å²) in [6.07, 6.45) is 3.80. The Morgan fingerprint density at radius 3 is 2.74 bits per heavy atom. The first-order valence-electron chi connectivity index (χ1n) is 7.53. The number of nitrogens with zero attached hydrogens (tertiary/aromatic N) is 2. The van der Waals surface area contributed by atoms with Gasteiger partial charge in [0.1, 0.15) is 0 Å². The van der Waals surface area contributed by atoms with Crippen LogP contribution in [0.25, 0.3) is 21.8 Å². The monoisotopic (exact) mass is 300 g/mol. The topological polar surface area (TPSA) is 53.1 Å². The highest BCUT2D eigenvalue weighted by atomic mass is 15.3. The molecule has 0 atom stereocenters. The Bertz CT molecular complexity index is 1010. The highest BCUT2D eigenvalue weighted by Gasteiger charge is 2.03. The van der Waals surface area contributed by atoms with Crippen LogP contribution < -0.4 is 5.43 Å². The first kappa shape index (κ1) is 13.5. The van der Waals surface area contributed by atoms with Crippen molar-refractivity contribution in [3.05, 3.63) is 72.1 Å². The van der Waals surface area contributed by atoms with E-state index in [1.165, 1.54) is 0 Å². The van der Waals surface area contributed by atoms with Crippen molar-refractivity contribution in [2.45, 2.75) is 6.92 Å². The molecule has 0 saturated heterocycles. The van der Waals surface area contributed by atoms with Crippen LogP contribution in [0.3, 0.4) is 0 Å². The average Bonchev–Trinajstić information content (AvgIpc) is 2.98. The maximum absolute atomic E-state index is 4.54. The molecule has 4 rings (SSSR count). The second-order valence-electron chi connectivity index (χ2n) is 5.49. The van der Waals surface area contributed by atoms with Crippen LogP contribution in [0.5, 0.6) is 0 Å². The molecular weight excluding hydrogens is 284 g/mol. The molecule has 0 aliphatic heterocycles. The summed E-state index contributed by atoms with van der Waals surface area (Å²) in [6, 6.07) is 18.3. The Morgan fingerprint density at radius 1 is 1.04 bits per heavy atom. The number of aromatic amines is 1. The molecular formula is C19H16N4. The molecule has 4 aromatic rings. The minimum absolute atomic E-state index is 0.962. The summed E-state index contributed by atoms with van der Waals surface area (Å²) in [7, 11) is 0. The fourth-order valence-electron chi connectivity index (χ4n) is 2.77. The number of hydrogen-bond acceptors (Lipinski definition) is 3. The lowest BCUT2D eigenvalue weighted by atomic mass is 10.1. The number of anilines is 1. The molecule has 0 bridgehead atoms. The third-order valence-electron chi connectivity index (χ3n) is 3.85. The van der Waals surface area contributed by atoms with E-state index in [0.29, 0.717) is 0 Å². The second-order valence-corrected chi connectivity index (χ2v) is 5.49. The quantitative estimate of drug-likeness (QED) is 0.433. The van der Waals surface area contributed by atoms with Crippen LogP contribution in [0.15, 0.2) is 65.9 Å². The van der Waals surface area contributed by atoms with Crippen LogP contribution in [0, 0.1) is 6.92 Å². The Labute approximate surface area is 133 Å². The minimum atomic E-state index is 0.962. The van der Waals surface area contributed by atoms with Crippen molar-refractivity contribution in [1.82, 2.24) is 9.97 Å². The Morgan fingerprint density at radius 2 is 1.83 bits per heavy atom. The molecule has 2 N–H and O–H groups in total. The van der Waals surface area contributed by atoms with Crippen LogP contribution >= 0.6 is 0 Å². The van der Waals surface area contributed by atoms with Gasteiger partial charge in [0.05, 0.1) is 17.4 Å². The molecule has 0 spiro atoms. The third kappa shape index (κ3) is 2.55. The standard InChI is InChI=1S/C19H16N4/c1-13-10-19(16-7-3-5-9-18(16)22-13)23-21-12-14-11-20-17-8-4-2-6-15(14)17/h2-12,20H,1H3,(H,22,23)/b21-12+. The summed E-state index contributed by atoms with van der Waals surface area (Å²) < 4.78 is 0. The second kappa shape index (κ2) is 5.57. The molecule has 4 nitrogen and oxygen atoms in total. The van der Waals surface area contributed by atoms with E-state index in [9.17, 15) is 0 Å². The number of benzene rings is 2. The van der Waals surface area contributed by atoms with Crippen LogP contribution in [0.2, 0.25) is 0 Å². The lowest BCUT2D eigenvalue weighted by Gasteiger charge is -2.06. The summed E-state index contributed by atoms with van der Waals surface area (Å²) in [4.78, 5) is 7.78. The minimum Gasteiger partial charge on any atom is -0.361 e.